The minimum atomic E-state index is -0.323. The van der Waals surface area contributed by atoms with Crippen LogP contribution in [0.5, 0.6) is 0 Å². The first-order valence-electron chi connectivity index (χ1n) is 8.74. The van der Waals surface area contributed by atoms with Crippen LogP contribution in [0.1, 0.15) is 11.1 Å². The van der Waals surface area contributed by atoms with Crippen LogP contribution in [0.25, 0.3) is 0 Å². The third-order valence-electron chi connectivity index (χ3n) is 5.33. The number of carbonyl (C=O) groups excluding carboxylic acids is 1. The number of hydrogen-bond donors (Lipinski definition) is 0. The summed E-state index contributed by atoms with van der Waals surface area (Å²) in [4.78, 5) is 21.3. The number of fused-ring (bicyclic) bond motifs is 1. The lowest BCUT2D eigenvalue weighted by Crippen LogP contribution is -2.38. The van der Waals surface area contributed by atoms with Gasteiger partial charge in [0.1, 0.15) is 6.10 Å². The second kappa shape index (κ2) is 6.94. The van der Waals surface area contributed by atoms with Crippen LogP contribution < -0.4 is 0 Å². The Kier molecular flexibility index (Phi) is 4.51. The summed E-state index contributed by atoms with van der Waals surface area (Å²) in [5.74, 6) is 0.368. The molecule has 0 spiro atoms. The summed E-state index contributed by atoms with van der Waals surface area (Å²) in [6.07, 6.45) is 3.33. The summed E-state index contributed by atoms with van der Waals surface area (Å²) < 4.78 is 5.58. The van der Waals surface area contributed by atoms with Gasteiger partial charge in [0.15, 0.2) is 0 Å². The van der Waals surface area contributed by atoms with Crippen LogP contribution in [0.3, 0.4) is 0 Å². The number of nitrogens with zero attached hydrogens (tertiary/aromatic N) is 3. The zero-order valence-electron chi connectivity index (χ0n) is 14.4. The molecule has 130 valence electrons. The SMILES string of the molecule is CO[C@@H]1C(=O)N(Cc2ccccc2)[C@@H]2CN(Cc3ccncc3)C[C@H]12. The number of rotatable bonds is 5. The van der Waals surface area contributed by atoms with Crippen LogP contribution in [0.15, 0.2) is 54.9 Å². The van der Waals surface area contributed by atoms with Gasteiger partial charge in [0.05, 0.1) is 6.04 Å². The van der Waals surface area contributed by atoms with E-state index in [0.717, 1.165) is 19.6 Å². The van der Waals surface area contributed by atoms with Crippen molar-refractivity contribution in [2.24, 2.45) is 5.92 Å². The van der Waals surface area contributed by atoms with Crippen molar-refractivity contribution in [3.63, 3.8) is 0 Å². The van der Waals surface area contributed by atoms with Gasteiger partial charge in [-0.05, 0) is 23.3 Å². The molecule has 2 fully saturated rings. The molecule has 5 heteroatoms. The van der Waals surface area contributed by atoms with E-state index in [1.165, 1.54) is 11.1 Å². The van der Waals surface area contributed by atoms with E-state index in [1.54, 1.807) is 7.11 Å². The first-order chi connectivity index (χ1) is 12.3. The highest BCUT2D eigenvalue weighted by Gasteiger charge is 2.52. The Labute approximate surface area is 148 Å². The number of methoxy groups -OCH3 is 1. The van der Waals surface area contributed by atoms with E-state index in [1.807, 2.05) is 35.5 Å². The molecule has 2 saturated heterocycles. The van der Waals surface area contributed by atoms with Gasteiger partial charge < -0.3 is 9.64 Å². The summed E-state index contributed by atoms with van der Waals surface area (Å²) in [6, 6.07) is 14.5. The van der Waals surface area contributed by atoms with Crippen LogP contribution in [-0.4, -0.2) is 53.0 Å². The summed E-state index contributed by atoms with van der Waals surface area (Å²) in [5.41, 5.74) is 2.42. The van der Waals surface area contributed by atoms with Crippen molar-refractivity contribution in [3.8, 4) is 0 Å². The second-order valence-electron chi connectivity index (χ2n) is 6.89. The lowest BCUT2D eigenvalue weighted by atomic mass is 10.0. The maximum Gasteiger partial charge on any atom is 0.252 e. The van der Waals surface area contributed by atoms with Crippen molar-refractivity contribution in [1.82, 2.24) is 14.8 Å². The predicted molar refractivity (Wildman–Crippen MR) is 94.6 cm³/mol. The standard InChI is InChI=1S/C20H23N3O2/c1-25-19-17-13-22(11-16-7-9-21-10-8-16)14-18(17)23(20(19)24)12-15-5-3-2-4-6-15/h2-10,17-19H,11-14H2,1H3/t17-,18+,19-/m0/s1. The fourth-order valence-corrected chi connectivity index (χ4v) is 4.16. The fourth-order valence-electron chi connectivity index (χ4n) is 4.16. The molecule has 0 radical (unpaired) electrons. The Morgan fingerprint density at radius 3 is 2.48 bits per heavy atom. The van der Waals surface area contributed by atoms with Crippen molar-refractivity contribution in [3.05, 3.63) is 66.0 Å². The number of carbonyl (C=O) groups is 1. The van der Waals surface area contributed by atoms with Gasteiger partial charge in [-0.2, -0.15) is 0 Å². The summed E-state index contributed by atoms with van der Waals surface area (Å²) in [6.45, 7) is 3.33. The second-order valence-corrected chi connectivity index (χ2v) is 6.89. The van der Waals surface area contributed by atoms with E-state index in [2.05, 4.69) is 34.1 Å². The van der Waals surface area contributed by atoms with Gasteiger partial charge in [-0.25, -0.2) is 0 Å². The molecular formula is C20H23N3O2. The van der Waals surface area contributed by atoms with Gasteiger partial charge in [-0.1, -0.05) is 30.3 Å². The monoisotopic (exact) mass is 337 g/mol. The van der Waals surface area contributed by atoms with E-state index in [0.29, 0.717) is 6.54 Å². The molecule has 0 bridgehead atoms. The van der Waals surface area contributed by atoms with Gasteiger partial charge >= 0.3 is 0 Å². The Morgan fingerprint density at radius 1 is 1.04 bits per heavy atom. The van der Waals surface area contributed by atoms with E-state index < -0.39 is 0 Å². The van der Waals surface area contributed by atoms with Crippen molar-refractivity contribution >= 4 is 5.91 Å². The molecule has 1 aromatic heterocycles. The third-order valence-corrected chi connectivity index (χ3v) is 5.33. The normalized spacial score (nSPS) is 26.2. The van der Waals surface area contributed by atoms with Crippen LogP contribution >= 0.6 is 0 Å². The molecule has 0 aliphatic carbocycles. The summed E-state index contributed by atoms with van der Waals surface area (Å²) in [5, 5.41) is 0. The largest absolute Gasteiger partial charge is 0.371 e. The maximum absolute atomic E-state index is 12.8. The Bertz CT molecular complexity index is 722. The Morgan fingerprint density at radius 2 is 1.76 bits per heavy atom. The molecule has 1 aromatic carbocycles. The number of aromatic nitrogens is 1. The lowest BCUT2D eigenvalue weighted by Gasteiger charge is -2.25. The van der Waals surface area contributed by atoms with Crippen LogP contribution in [-0.2, 0) is 22.6 Å². The molecule has 4 rings (SSSR count). The number of likely N-dealkylation sites (tertiary alicyclic amines) is 2. The average Bonchev–Trinajstić information content (AvgIpc) is 3.14. The molecule has 2 aliphatic heterocycles. The number of pyridine rings is 1. The summed E-state index contributed by atoms with van der Waals surface area (Å²) >= 11 is 0. The van der Waals surface area contributed by atoms with Crippen molar-refractivity contribution in [2.75, 3.05) is 20.2 Å². The molecular weight excluding hydrogens is 314 g/mol. The lowest BCUT2D eigenvalue weighted by molar-refractivity contribution is -0.138. The number of ether oxygens (including phenoxy) is 1. The molecule has 2 aromatic rings. The molecule has 0 unspecified atom stereocenters. The van der Waals surface area contributed by atoms with Crippen molar-refractivity contribution < 1.29 is 9.53 Å². The van der Waals surface area contributed by atoms with Gasteiger partial charge in [-0.3, -0.25) is 14.7 Å². The molecule has 25 heavy (non-hydrogen) atoms. The molecule has 2 aliphatic rings. The smallest absolute Gasteiger partial charge is 0.252 e. The van der Waals surface area contributed by atoms with E-state index in [-0.39, 0.29) is 24.0 Å². The van der Waals surface area contributed by atoms with Crippen molar-refractivity contribution in [1.29, 1.82) is 0 Å². The van der Waals surface area contributed by atoms with E-state index >= 15 is 0 Å². The molecule has 3 heterocycles. The fraction of sp³-hybridized carbons (Fsp3) is 0.400. The van der Waals surface area contributed by atoms with Gasteiger partial charge in [0.2, 0.25) is 0 Å². The van der Waals surface area contributed by atoms with E-state index in [4.69, 9.17) is 4.74 Å². The number of hydrogen-bond acceptors (Lipinski definition) is 4. The first-order valence-corrected chi connectivity index (χ1v) is 8.74. The van der Waals surface area contributed by atoms with Crippen LogP contribution in [0, 0.1) is 5.92 Å². The van der Waals surface area contributed by atoms with Gasteiger partial charge in [0.25, 0.3) is 5.91 Å². The molecule has 3 atom stereocenters. The Balaban J connectivity index is 1.50. The molecule has 5 nitrogen and oxygen atoms in total. The number of amides is 1. The quantitative estimate of drug-likeness (QED) is 0.836. The first kappa shape index (κ1) is 16.2. The average molecular weight is 337 g/mol. The molecule has 0 saturated carbocycles. The predicted octanol–water partition coefficient (Wildman–Crippen LogP) is 1.94. The van der Waals surface area contributed by atoms with Crippen LogP contribution in [0.4, 0.5) is 0 Å². The van der Waals surface area contributed by atoms with Crippen molar-refractivity contribution in [2.45, 2.75) is 25.2 Å². The highest BCUT2D eigenvalue weighted by molar-refractivity contribution is 5.84. The van der Waals surface area contributed by atoms with Gasteiger partial charge in [0, 0.05) is 51.6 Å². The molecule has 1 amide bonds. The number of benzene rings is 1. The van der Waals surface area contributed by atoms with E-state index in [9.17, 15) is 4.79 Å². The topological polar surface area (TPSA) is 45.7 Å². The molecule has 0 N–H and O–H groups in total. The Hall–Kier alpha value is -2.24. The highest BCUT2D eigenvalue weighted by atomic mass is 16.5. The highest BCUT2D eigenvalue weighted by Crippen LogP contribution is 2.35. The minimum absolute atomic E-state index is 0.130. The summed E-state index contributed by atoms with van der Waals surface area (Å²) in [7, 11) is 1.65. The maximum atomic E-state index is 12.8. The zero-order chi connectivity index (χ0) is 17.2. The van der Waals surface area contributed by atoms with Crippen LogP contribution in [0.2, 0.25) is 0 Å². The zero-order valence-corrected chi connectivity index (χ0v) is 14.4. The minimum Gasteiger partial charge on any atom is -0.371 e. The van der Waals surface area contributed by atoms with Gasteiger partial charge in [-0.15, -0.1) is 0 Å². The third kappa shape index (κ3) is 3.17.